The minimum atomic E-state index is -1.30. The van der Waals surface area contributed by atoms with Gasteiger partial charge in [-0.3, -0.25) is 0 Å². The molecule has 0 heterocycles. The van der Waals surface area contributed by atoms with Gasteiger partial charge in [0.15, 0.2) is 6.10 Å². The summed E-state index contributed by atoms with van der Waals surface area (Å²) < 4.78 is 4.48. The Morgan fingerprint density at radius 2 is 2.50 bits per heavy atom. The van der Waals surface area contributed by atoms with Gasteiger partial charge in [0.05, 0.1) is 6.61 Å². The van der Waals surface area contributed by atoms with Gasteiger partial charge in [0.1, 0.15) is 0 Å². The fourth-order valence-electron chi connectivity index (χ4n) is 0.537. The Morgan fingerprint density at radius 3 is 2.83 bits per heavy atom. The second-order valence-corrected chi connectivity index (χ2v) is 1.89. The van der Waals surface area contributed by atoms with Crippen LogP contribution >= 0.6 is 0 Å². The second-order valence-electron chi connectivity index (χ2n) is 1.89. The molecule has 0 saturated carbocycles. The lowest BCUT2D eigenvalue weighted by Crippen LogP contribution is -2.29. The Morgan fingerprint density at radius 1 is 1.92 bits per heavy atom. The zero-order valence-corrected chi connectivity index (χ0v) is 6.73. The van der Waals surface area contributed by atoms with Crippen LogP contribution in [0.2, 0.25) is 0 Å². The van der Waals surface area contributed by atoms with Crippen LogP contribution < -0.4 is 0 Å². The highest BCUT2D eigenvalue weighted by molar-refractivity contribution is 6.36. The van der Waals surface area contributed by atoms with Crippen molar-refractivity contribution < 1.29 is 19.4 Å². The number of hydrogen-bond donors (Lipinski definition) is 1. The molecule has 0 saturated heterocycles. The van der Waals surface area contributed by atoms with Crippen molar-refractivity contribution >= 4 is 11.7 Å². The minimum Gasteiger partial charge on any atom is -0.457 e. The van der Waals surface area contributed by atoms with Crippen molar-refractivity contribution in [3.05, 3.63) is 18.2 Å². The van der Waals surface area contributed by atoms with E-state index in [9.17, 15) is 4.79 Å². The first-order valence-corrected chi connectivity index (χ1v) is 3.37. The molecule has 0 aliphatic rings. The average Bonchev–Trinajstić information content (AvgIpc) is 2.06. The van der Waals surface area contributed by atoms with Crippen molar-refractivity contribution in [3.8, 4) is 0 Å². The maximum absolute atomic E-state index is 10.9. The van der Waals surface area contributed by atoms with E-state index in [0.29, 0.717) is 0 Å². The van der Waals surface area contributed by atoms with E-state index in [4.69, 9.17) is 10.6 Å². The molecule has 0 aliphatic carbocycles. The highest BCUT2D eigenvalue weighted by Gasteiger charge is 2.28. The fourth-order valence-corrected chi connectivity index (χ4v) is 0.537. The van der Waals surface area contributed by atoms with Crippen molar-refractivity contribution in [3.63, 3.8) is 0 Å². The molecule has 1 unspecified atom stereocenters. The molecule has 5 heteroatoms. The van der Waals surface area contributed by atoms with Gasteiger partial charge in [0.2, 0.25) is 0 Å². The number of carbonyl (C=O) groups excluding carboxylic acids is 1. The molecule has 12 heavy (non-hydrogen) atoms. The van der Waals surface area contributed by atoms with Crippen LogP contribution in [0.1, 0.15) is 6.92 Å². The molecule has 0 bridgehead atoms. The molecule has 0 aromatic heterocycles. The Hall–Kier alpha value is -1.45. The molecule has 66 valence electrons. The maximum atomic E-state index is 10.9. The van der Waals surface area contributed by atoms with Gasteiger partial charge >= 0.3 is 11.7 Å². The topological polar surface area (TPSA) is 82.9 Å². The number of aliphatic hydroxyl groups excluding tert-OH is 1. The van der Waals surface area contributed by atoms with E-state index in [1.54, 1.807) is 6.92 Å². The number of nitrogens with zero attached hydrogens (tertiary/aromatic N) is 2. The highest BCUT2D eigenvalue weighted by atomic mass is 16.5. The van der Waals surface area contributed by atoms with Crippen LogP contribution in [-0.4, -0.2) is 34.3 Å². The highest BCUT2D eigenvalue weighted by Crippen LogP contribution is 1.90. The first kappa shape index (κ1) is 10.6. The molecular formula is C7H10N2O3. The molecule has 0 amide bonds. The van der Waals surface area contributed by atoms with Crippen molar-refractivity contribution in [1.82, 2.24) is 0 Å². The van der Waals surface area contributed by atoms with Crippen LogP contribution in [-0.2, 0) is 9.53 Å². The Kier molecular flexibility index (Phi) is 4.60. The van der Waals surface area contributed by atoms with E-state index in [1.165, 1.54) is 0 Å². The molecule has 0 spiro atoms. The van der Waals surface area contributed by atoms with Crippen molar-refractivity contribution in [2.24, 2.45) is 0 Å². The molecule has 0 radical (unpaired) electrons. The van der Waals surface area contributed by atoms with Crippen LogP contribution in [0.3, 0.4) is 0 Å². The van der Waals surface area contributed by atoms with Gasteiger partial charge in [0, 0.05) is 0 Å². The zero-order valence-electron chi connectivity index (χ0n) is 6.73. The predicted octanol–water partition coefficient (Wildman–Crippen LogP) is -0.233. The van der Waals surface area contributed by atoms with E-state index in [-0.39, 0.29) is 6.61 Å². The van der Waals surface area contributed by atoms with E-state index >= 15 is 0 Å². The largest absolute Gasteiger partial charge is 0.457 e. The number of carbonyl (C=O) groups is 1. The quantitative estimate of drug-likeness (QED) is 0.208. The summed E-state index contributed by atoms with van der Waals surface area (Å²) in [5.74, 6) is -0.854. The van der Waals surface area contributed by atoms with Gasteiger partial charge in [-0.25, -0.2) is 4.79 Å². The molecular weight excluding hydrogens is 160 g/mol. The van der Waals surface area contributed by atoms with E-state index < -0.39 is 17.8 Å². The third kappa shape index (κ3) is 2.65. The van der Waals surface area contributed by atoms with Gasteiger partial charge in [-0.1, -0.05) is 12.7 Å². The Bertz CT molecular complexity index is 231. The van der Waals surface area contributed by atoms with Crippen LogP contribution in [0, 0.1) is 0 Å². The summed E-state index contributed by atoms with van der Waals surface area (Å²) in [6.07, 6.45) is -0.236. The lowest BCUT2D eigenvalue weighted by atomic mass is 10.2. The third-order valence-corrected chi connectivity index (χ3v) is 1.10. The summed E-state index contributed by atoms with van der Waals surface area (Å²) in [4.78, 5) is 13.5. The van der Waals surface area contributed by atoms with E-state index in [1.807, 2.05) is 0 Å². The molecule has 1 atom stereocenters. The SMILES string of the molecule is C=CC(O)C(=[N+]=[N-])C(=O)OCC. The summed E-state index contributed by atoms with van der Waals surface area (Å²) in [5.41, 5.74) is 7.84. The van der Waals surface area contributed by atoms with Crippen LogP contribution in [0.4, 0.5) is 0 Å². The number of aliphatic hydroxyl groups is 1. The molecule has 0 rings (SSSR count). The summed E-state index contributed by atoms with van der Waals surface area (Å²) >= 11 is 0. The first-order valence-electron chi connectivity index (χ1n) is 3.37. The third-order valence-electron chi connectivity index (χ3n) is 1.10. The van der Waals surface area contributed by atoms with Crippen LogP contribution in [0.15, 0.2) is 12.7 Å². The second kappa shape index (κ2) is 5.23. The number of ether oxygens (including phenoxy) is 1. The van der Waals surface area contributed by atoms with Gasteiger partial charge in [-0.05, 0) is 6.92 Å². The van der Waals surface area contributed by atoms with Gasteiger partial charge in [-0.2, -0.15) is 4.79 Å². The van der Waals surface area contributed by atoms with E-state index in [2.05, 4.69) is 16.1 Å². The van der Waals surface area contributed by atoms with Crippen molar-refractivity contribution in [2.75, 3.05) is 6.61 Å². The molecule has 0 fully saturated rings. The maximum Gasteiger partial charge on any atom is 0.420 e. The summed E-state index contributed by atoms with van der Waals surface area (Å²) in [5, 5.41) is 9.01. The lowest BCUT2D eigenvalue weighted by molar-refractivity contribution is -0.141. The first-order chi connectivity index (χ1) is 5.67. The van der Waals surface area contributed by atoms with Gasteiger partial charge in [-0.15, -0.1) is 0 Å². The summed E-state index contributed by atoms with van der Waals surface area (Å²) in [7, 11) is 0. The van der Waals surface area contributed by atoms with Crippen molar-refractivity contribution in [2.45, 2.75) is 13.0 Å². The molecule has 1 N–H and O–H groups in total. The monoisotopic (exact) mass is 170 g/mol. The number of hydrogen-bond acceptors (Lipinski definition) is 3. The van der Waals surface area contributed by atoms with Gasteiger partial charge < -0.3 is 15.4 Å². The molecule has 5 nitrogen and oxygen atoms in total. The number of esters is 1. The van der Waals surface area contributed by atoms with E-state index in [0.717, 1.165) is 6.08 Å². The standard InChI is InChI=1S/C7H10N2O3/c1-3-5(10)6(9-8)7(11)12-4-2/h3,5,10H,1,4H2,2H3. The lowest BCUT2D eigenvalue weighted by Gasteiger charge is -1.98. The average molecular weight is 170 g/mol. The van der Waals surface area contributed by atoms with Crippen LogP contribution in [0.5, 0.6) is 0 Å². The Labute approximate surface area is 69.9 Å². The zero-order chi connectivity index (χ0) is 9.56. The summed E-state index contributed by atoms with van der Waals surface area (Å²) in [6, 6.07) is 0. The van der Waals surface area contributed by atoms with Gasteiger partial charge in [0.25, 0.3) is 0 Å². The molecule has 0 aromatic carbocycles. The fraction of sp³-hybridized carbons (Fsp3) is 0.429. The van der Waals surface area contributed by atoms with Crippen LogP contribution in [0.25, 0.3) is 5.53 Å². The minimum absolute atomic E-state index is 0.154. The smallest absolute Gasteiger partial charge is 0.420 e. The van der Waals surface area contributed by atoms with Crippen molar-refractivity contribution in [1.29, 1.82) is 0 Å². The molecule has 0 aromatic rings. The predicted molar refractivity (Wildman–Crippen MR) is 41.5 cm³/mol. The number of rotatable bonds is 4. The summed E-state index contributed by atoms with van der Waals surface area (Å²) in [6.45, 7) is 4.98. The molecule has 0 aliphatic heterocycles. The Balaban J connectivity index is 4.47. The normalized spacial score (nSPS) is 11.2.